The largest absolute Gasteiger partial charge is 0.353 e. The van der Waals surface area contributed by atoms with E-state index in [1.807, 2.05) is 18.2 Å². The summed E-state index contributed by atoms with van der Waals surface area (Å²) in [5, 5.41) is 13.0. The predicted octanol–water partition coefficient (Wildman–Crippen LogP) is 5.83. The quantitative estimate of drug-likeness (QED) is 0.449. The maximum atomic E-state index is 12.6. The number of aromatic nitrogens is 3. The van der Waals surface area contributed by atoms with Crippen LogP contribution in [0.2, 0.25) is 0 Å². The van der Waals surface area contributed by atoms with Crippen molar-refractivity contribution in [1.82, 2.24) is 20.1 Å². The molecular formula is C27H34N4OS. The average Bonchev–Trinajstić information content (AvgIpc) is 3.21. The number of nitrogens with zero attached hydrogens (tertiary/aromatic N) is 3. The highest BCUT2D eigenvalue weighted by atomic mass is 32.2. The molecule has 0 saturated heterocycles. The molecule has 0 unspecified atom stereocenters. The third-order valence-electron chi connectivity index (χ3n) is 6.21. The minimum absolute atomic E-state index is 0.0808. The fourth-order valence-electron chi connectivity index (χ4n) is 4.28. The Balaban J connectivity index is 1.54. The number of hydrogen-bond acceptors (Lipinski definition) is 4. The Morgan fingerprint density at radius 1 is 1.00 bits per heavy atom. The summed E-state index contributed by atoms with van der Waals surface area (Å²) < 4.78 is 2.12. The molecule has 0 radical (unpaired) electrons. The van der Waals surface area contributed by atoms with Gasteiger partial charge in [-0.3, -0.25) is 9.36 Å². The van der Waals surface area contributed by atoms with Crippen LogP contribution in [0.5, 0.6) is 0 Å². The Morgan fingerprint density at radius 3 is 2.36 bits per heavy atom. The smallest absolute Gasteiger partial charge is 0.230 e. The van der Waals surface area contributed by atoms with Crippen molar-refractivity contribution in [3.05, 3.63) is 65.7 Å². The second kappa shape index (κ2) is 10.6. The van der Waals surface area contributed by atoms with Gasteiger partial charge in [0, 0.05) is 11.6 Å². The molecule has 1 fully saturated rings. The molecule has 1 aliphatic rings. The van der Waals surface area contributed by atoms with Crippen LogP contribution in [0.15, 0.2) is 59.8 Å². The topological polar surface area (TPSA) is 59.8 Å². The van der Waals surface area contributed by atoms with E-state index in [0.29, 0.717) is 18.3 Å². The standard InChI is InChI=1S/C27H34N4OS/c1-27(2,3)22-16-14-21(15-17-22)25-29-30-26(31(25)18-20-10-6-4-7-11-20)33-19-24(32)28-23-12-8-5-9-13-23/h4,6-7,10-11,14-17,23H,5,8-9,12-13,18-19H2,1-3H3,(H,28,32). The highest BCUT2D eigenvalue weighted by molar-refractivity contribution is 7.99. The Labute approximate surface area is 201 Å². The normalized spacial score (nSPS) is 14.9. The molecule has 2 aromatic carbocycles. The molecule has 6 heteroatoms. The molecule has 4 rings (SSSR count). The molecule has 1 amide bonds. The zero-order valence-electron chi connectivity index (χ0n) is 19.9. The van der Waals surface area contributed by atoms with Gasteiger partial charge in [-0.25, -0.2) is 0 Å². The third kappa shape index (κ3) is 6.26. The van der Waals surface area contributed by atoms with Crippen molar-refractivity contribution < 1.29 is 4.79 Å². The van der Waals surface area contributed by atoms with Gasteiger partial charge in [0.05, 0.1) is 12.3 Å². The van der Waals surface area contributed by atoms with Crippen LogP contribution in [0.4, 0.5) is 0 Å². The lowest BCUT2D eigenvalue weighted by Gasteiger charge is -2.22. The van der Waals surface area contributed by atoms with Gasteiger partial charge in [0.2, 0.25) is 5.91 Å². The molecule has 33 heavy (non-hydrogen) atoms. The first-order valence-corrected chi connectivity index (χ1v) is 12.9. The van der Waals surface area contributed by atoms with Gasteiger partial charge < -0.3 is 5.32 Å². The summed E-state index contributed by atoms with van der Waals surface area (Å²) in [4.78, 5) is 12.6. The zero-order valence-corrected chi connectivity index (χ0v) is 20.7. The second-order valence-corrected chi connectivity index (χ2v) is 10.8. The van der Waals surface area contributed by atoms with Gasteiger partial charge in [-0.2, -0.15) is 0 Å². The number of carbonyl (C=O) groups is 1. The van der Waals surface area contributed by atoms with Gasteiger partial charge >= 0.3 is 0 Å². The van der Waals surface area contributed by atoms with Gasteiger partial charge in [0.25, 0.3) is 0 Å². The lowest BCUT2D eigenvalue weighted by molar-refractivity contribution is -0.119. The minimum Gasteiger partial charge on any atom is -0.353 e. The molecule has 1 saturated carbocycles. The number of benzene rings is 2. The van der Waals surface area contributed by atoms with Crippen molar-refractivity contribution in [3.63, 3.8) is 0 Å². The summed E-state index contributed by atoms with van der Waals surface area (Å²) in [6, 6.07) is 19.2. The van der Waals surface area contributed by atoms with E-state index >= 15 is 0 Å². The van der Waals surface area contributed by atoms with Crippen LogP contribution >= 0.6 is 11.8 Å². The van der Waals surface area contributed by atoms with E-state index in [4.69, 9.17) is 0 Å². The molecule has 3 aromatic rings. The fraction of sp³-hybridized carbons (Fsp3) is 0.444. The summed E-state index contributed by atoms with van der Waals surface area (Å²) >= 11 is 1.46. The van der Waals surface area contributed by atoms with E-state index in [-0.39, 0.29) is 11.3 Å². The van der Waals surface area contributed by atoms with Crippen molar-refractivity contribution in [2.24, 2.45) is 0 Å². The van der Waals surface area contributed by atoms with E-state index in [9.17, 15) is 4.79 Å². The number of hydrogen-bond donors (Lipinski definition) is 1. The molecule has 5 nitrogen and oxygen atoms in total. The molecular weight excluding hydrogens is 428 g/mol. The average molecular weight is 463 g/mol. The monoisotopic (exact) mass is 462 g/mol. The molecule has 0 spiro atoms. The van der Waals surface area contributed by atoms with E-state index in [1.165, 1.54) is 42.2 Å². The lowest BCUT2D eigenvalue weighted by Crippen LogP contribution is -2.37. The van der Waals surface area contributed by atoms with Crippen molar-refractivity contribution in [2.75, 3.05) is 5.75 Å². The first kappa shape index (κ1) is 23.6. The van der Waals surface area contributed by atoms with E-state index < -0.39 is 0 Å². The molecule has 1 heterocycles. The predicted molar refractivity (Wildman–Crippen MR) is 135 cm³/mol. The first-order chi connectivity index (χ1) is 15.9. The van der Waals surface area contributed by atoms with Gasteiger partial charge in [0.15, 0.2) is 11.0 Å². The minimum atomic E-state index is 0.0808. The van der Waals surface area contributed by atoms with Crippen LogP contribution in [0.1, 0.15) is 64.0 Å². The zero-order chi connectivity index (χ0) is 23.3. The molecule has 1 aromatic heterocycles. The lowest BCUT2D eigenvalue weighted by atomic mass is 9.87. The van der Waals surface area contributed by atoms with Crippen LogP contribution in [0.25, 0.3) is 11.4 Å². The SMILES string of the molecule is CC(C)(C)c1ccc(-c2nnc(SCC(=O)NC3CCCCC3)n2Cc2ccccc2)cc1. The van der Waals surface area contributed by atoms with Crippen molar-refractivity contribution in [3.8, 4) is 11.4 Å². The number of amides is 1. The Hall–Kier alpha value is -2.60. The fourth-order valence-corrected chi connectivity index (χ4v) is 5.03. The van der Waals surface area contributed by atoms with Gasteiger partial charge in [-0.15, -0.1) is 10.2 Å². The van der Waals surface area contributed by atoms with Crippen LogP contribution in [0, 0.1) is 0 Å². The Bertz CT molecular complexity index is 1050. The van der Waals surface area contributed by atoms with E-state index in [2.05, 4.69) is 77.3 Å². The van der Waals surface area contributed by atoms with Crippen molar-refractivity contribution in [2.45, 2.75) is 76.0 Å². The second-order valence-electron chi connectivity index (χ2n) is 9.90. The highest BCUT2D eigenvalue weighted by Crippen LogP contribution is 2.28. The maximum absolute atomic E-state index is 12.6. The molecule has 1 N–H and O–H groups in total. The molecule has 174 valence electrons. The van der Waals surface area contributed by atoms with Crippen LogP contribution in [-0.4, -0.2) is 32.5 Å². The van der Waals surface area contributed by atoms with E-state index in [1.54, 1.807) is 0 Å². The summed E-state index contributed by atoms with van der Waals surface area (Å²) in [5.41, 5.74) is 3.60. The van der Waals surface area contributed by atoms with Gasteiger partial charge in [-0.05, 0) is 29.4 Å². The number of rotatable bonds is 7. The van der Waals surface area contributed by atoms with Crippen LogP contribution in [0.3, 0.4) is 0 Å². The summed E-state index contributed by atoms with van der Waals surface area (Å²) in [7, 11) is 0. The Morgan fingerprint density at radius 2 is 1.70 bits per heavy atom. The molecule has 0 bridgehead atoms. The van der Waals surface area contributed by atoms with E-state index in [0.717, 1.165) is 29.4 Å². The molecule has 0 aliphatic heterocycles. The summed E-state index contributed by atoms with van der Waals surface area (Å²) in [6.07, 6.45) is 5.88. The van der Waals surface area contributed by atoms with Crippen molar-refractivity contribution >= 4 is 17.7 Å². The van der Waals surface area contributed by atoms with Crippen LogP contribution < -0.4 is 5.32 Å². The van der Waals surface area contributed by atoms with Crippen LogP contribution in [-0.2, 0) is 16.8 Å². The van der Waals surface area contributed by atoms with Gasteiger partial charge in [-0.1, -0.05) is 106 Å². The van der Waals surface area contributed by atoms with Gasteiger partial charge in [0.1, 0.15) is 0 Å². The maximum Gasteiger partial charge on any atom is 0.230 e. The highest BCUT2D eigenvalue weighted by Gasteiger charge is 2.20. The first-order valence-electron chi connectivity index (χ1n) is 11.9. The Kier molecular flexibility index (Phi) is 7.53. The molecule has 0 atom stereocenters. The summed E-state index contributed by atoms with van der Waals surface area (Å²) in [6.45, 7) is 7.31. The summed E-state index contributed by atoms with van der Waals surface area (Å²) in [5.74, 6) is 1.26. The number of carbonyl (C=O) groups excluding carboxylic acids is 1. The number of thioether (sulfide) groups is 1. The van der Waals surface area contributed by atoms with Crippen molar-refractivity contribution in [1.29, 1.82) is 0 Å². The number of nitrogens with one attached hydrogen (secondary N) is 1. The third-order valence-corrected chi connectivity index (χ3v) is 7.18. The molecule has 1 aliphatic carbocycles.